The Morgan fingerprint density at radius 1 is 1.06 bits per heavy atom. The SMILES string of the molecule is CSC1CN(Cc2ccccc2)CC1SC. The Hall–Kier alpha value is -0.120. The highest BCUT2D eigenvalue weighted by Gasteiger charge is 2.31. The highest BCUT2D eigenvalue weighted by Crippen LogP contribution is 2.29. The number of nitrogens with zero attached hydrogens (tertiary/aromatic N) is 1. The summed E-state index contributed by atoms with van der Waals surface area (Å²) in [5, 5.41) is 1.61. The molecule has 3 heteroatoms. The Morgan fingerprint density at radius 2 is 1.62 bits per heavy atom. The summed E-state index contributed by atoms with van der Waals surface area (Å²) >= 11 is 4.03. The van der Waals surface area contributed by atoms with E-state index < -0.39 is 0 Å². The van der Waals surface area contributed by atoms with E-state index in [1.54, 1.807) is 0 Å². The second kappa shape index (κ2) is 5.99. The van der Waals surface area contributed by atoms with Gasteiger partial charge in [-0.2, -0.15) is 23.5 Å². The normalized spacial score (nSPS) is 26.1. The van der Waals surface area contributed by atoms with Gasteiger partial charge in [-0.25, -0.2) is 0 Å². The molecule has 88 valence electrons. The van der Waals surface area contributed by atoms with E-state index in [-0.39, 0.29) is 0 Å². The fraction of sp³-hybridized carbons (Fsp3) is 0.538. The summed E-state index contributed by atoms with van der Waals surface area (Å²) in [6.45, 7) is 3.58. The molecule has 0 N–H and O–H groups in total. The van der Waals surface area contributed by atoms with Crippen LogP contribution in [-0.2, 0) is 6.54 Å². The van der Waals surface area contributed by atoms with Gasteiger partial charge in [0.15, 0.2) is 0 Å². The smallest absolute Gasteiger partial charge is 0.0303 e. The van der Waals surface area contributed by atoms with Gasteiger partial charge in [0.2, 0.25) is 0 Å². The molecule has 1 saturated heterocycles. The fourth-order valence-electron chi connectivity index (χ4n) is 2.24. The van der Waals surface area contributed by atoms with Crippen LogP contribution in [0.4, 0.5) is 0 Å². The zero-order valence-electron chi connectivity index (χ0n) is 9.93. The lowest BCUT2D eigenvalue weighted by Gasteiger charge is -2.15. The molecule has 0 aromatic heterocycles. The number of rotatable bonds is 4. The van der Waals surface area contributed by atoms with E-state index in [0.29, 0.717) is 0 Å². The number of hydrogen-bond acceptors (Lipinski definition) is 3. The molecule has 0 saturated carbocycles. The van der Waals surface area contributed by atoms with Crippen LogP contribution in [0.3, 0.4) is 0 Å². The molecule has 2 atom stereocenters. The first-order valence-corrected chi connectivity index (χ1v) is 8.23. The lowest BCUT2D eigenvalue weighted by Crippen LogP contribution is -2.20. The molecule has 2 unspecified atom stereocenters. The molecule has 16 heavy (non-hydrogen) atoms. The van der Waals surface area contributed by atoms with Crippen LogP contribution in [0.5, 0.6) is 0 Å². The van der Waals surface area contributed by atoms with Crippen LogP contribution in [0, 0.1) is 0 Å². The Morgan fingerprint density at radius 3 is 2.12 bits per heavy atom. The van der Waals surface area contributed by atoms with E-state index in [4.69, 9.17) is 0 Å². The maximum absolute atomic E-state index is 2.58. The molecule has 0 amide bonds. The van der Waals surface area contributed by atoms with Crippen molar-refractivity contribution >= 4 is 23.5 Å². The van der Waals surface area contributed by atoms with E-state index in [1.807, 2.05) is 23.5 Å². The molecule has 2 rings (SSSR count). The minimum absolute atomic E-state index is 0.804. The van der Waals surface area contributed by atoms with Crippen LogP contribution in [-0.4, -0.2) is 41.0 Å². The molecule has 1 aromatic rings. The van der Waals surface area contributed by atoms with Crippen molar-refractivity contribution in [3.05, 3.63) is 35.9 Å². The van der Waals surface area contributed by atoms with Gasteiger partial charge in [-0.05, 0) is 18.1 Å². The van der Waals surface area contributed by atoms with Gasteiger partial charge in [-0.1, -0.05) is 30.3 Å². The molecule has 1 heterocycles. The summed E-state index contributed by atoms with van der Waals surface area (Å²) in [6, 6.07) is 10.8. The predicted octanol–water partition coefficient (Wildman–Crippen LogP) is 2.97. The van der Waals surface area contributed by atoms with Crippen molar-refractivity contribution in [3.63, 3.8) is 0 Å². The minimum Gasteiger partial charge on any atom is -0.297 e. The zero-order valence-corrected chi connectivity index (χ0v) is 11.6. The third kappa shape index (κ3) is 2.96. The summed E-state index contributed by atoms with van der Waals surface area (Å²) in [5.74, 6) is 0. The molecule has 1 aliphatic rings. The van der Waals surface area contributed by atoms with E-state index in [9.17, 15) is 0 Å². The summed E-state index contributed by atoms with van der Waals surface area (Å²) in [4.78, 5) is 2.58. The quantitative estimate of drug-likeness (QED) is 0.812. The second-order valence-corrected chi connectivity index (χ2v) is 6.38. The number of likely N-dealkylation sites (tertiary alicyclic amines) is 1. The van der Waals surface area contributed by atoms with Gasteiger partial charge in [-0.3, -0.25) is 4.90 Å². The van der Waals surface area contributed by atoms with E-state index >= 15 is 0 Å². The van der Waals surface area contributed by atoms with Crippen molar-refractivity contribution in [2.45, 2.75) is 17.0 Å². The van der Waals surface area contributed by atoms with Crippen LogP contribution < -0.4 is 0 Å². The van der Waals surface area contributed by atoms with Gasteiger partial charge < -0.3 is 0 Å². The minimum atomic E-state index is 0.804. The molecule has 1 nitrogen and oxygen atoms in total. The van der Waals surface area contributed by atoms with Crippen molar-refractivity contribution < 1.29 is 0 Å². The third-order valence-corrected chi connectivity index (χ3v) is 5.48. The molecule has 1 aromatic carbocycles. The number of thioether (sulfide) groups is 2. The first kappa shape index (κ1) is 12.3. The molecule has 0 spiro atoms. The maximum atomic E-state index is 2.58. The number of hydrogen-bond donors (Lipinski definition) is 0. The van der Waals surface area contributed by atoms with Gasteiger partial charge in [0.1, 0.15) is 0 Å². The van der Waals surface area contributed by atoms with Crippen LogP contribution in [0.1, 0.15) is 5.56 Å². The topological polar surface area (TPSA) is 3.24 Å². The Bertz CT molecular complexity index is 303. The van der Waals surface area contributed by atoms with Crippen molar-refractivity contribution in [1.29, 1.82) is 0 Å². The summed E-state index contributed by atoms with van der Waals surface area (Å²) < 4.78 is 0. The number of benzene rings is 1. The molecular weight excluding hydrogens is 234 g/mol. The summed E-state index contributed by atoms with van der Waals surface area (Å²) in [6.07, 6.45) is 4.47. The standard InChI is InChI=1S/C13H19NS2/c1-15-12-9-14(10-13(12)16-2)8-11-6-4-3-5-7-11/h3-7,12-13H,8-10H2,1-2H3. The third-order valence-electron chi connectivity index (χ3n) is 3.15. The predicted molar refractivity (Wildman–Crippen MR) is 76.3 cm³/mol. The molecular formula is C13H19NS2. The molecule has 1 fully saturated rings. The Labute approximate surface area is 107 Å². The van der Waals surface area contributed by atoms with Crippen LogP contribution in [0.15, 0.2) is 30.3 Å². The molecule has 0 bridgehead atoms. The highest BCUT2D eigenvalue weighted by atomic mass is 32.2. The van der Waals surface area contributed by atoms with Gasteiger partial charge in [0.25, 0.3) is 0 Å². The molecule has 0 aliphatic carbocycles. The summed E-state index contributed by atoms with van der Waals surface area (Å²) in [7, 11) is 0. The Balaban J connectivity index is 1.93. The first-order valence-electron chi connectivity index (χ1n) is 5.65. The van der Waals surface area contributed by atoms with E-state index in [1.165, 1.54) is 18.7 Å². The van der Waals surface area contributed by atoms with Crippen molar-refractivity contribution in [2.75, 3.05) is 25.6 Å². The molecule has 0 radical (unpaired) electrons. The van der Waals surface area contributed by atoms with Gasteiger partial charge >= 0.3 is 0 Å². The van der Waals surface area contributed by atoms with Gasteiger partial charge in [0, 0.05) is 30.1 Å². The average molecular weight is 253 g/mol. The van der Waals surface area contributed by atoms with Crippen LogP contribution in [0.2, 0.25) is 0 Å². The maximum Gasteiger partial charge on any atom is 0.0303 e. The first-order chi connectivity index (χ1) is 7.83. The summed E-state index contributed by atoms with van der Waals surface area (Å²) in [5.41, 5.74) is 1.43. The second-order valence-electron chi connectivity index (χ2n) is 4.23. The van der Waals surface area contributed by atoms with Crippen LogP contribution in [0.25, 0.3) is 0 Å². The van der Waals surface area contributed by atoms with Crippen molar-refractivity contribution in [2.24, 2.45) is 0 Å². The fourth-order valence-corrected chi connectivity index (χ4v) is 4.41. The average Bonchev–Trinajstić information content (AvgIpc) is 2.72. The van der Waals surface area contributed by atoms with Crippen molar-refractivity contribution in [1.82, 2.24) is 4.90 Å². The van der Waals surface area contributed by atoms with Gasteiger partial charge in [-0.15, -0.1) is 0 Å². The van der Waals surface area contributed by atoms with Crippen LogP contribution >= 0.6 is 23.5 Å². The monoisotopic (exact) mass is 253 g/mol. The van der Waals surface area contributed by atoms with E-state index in [2.05, 4.69) is 47.7 Å². The largest absolute Gasteiger partial charge is 0.297 e. The molecule has 1 aliphatic heterocycles. The lowest BCUT2D eigenvalue weighted by molar-refractivity contribution is 0.333. The van der Waals surface area contributed by atoms with Crippen molar-refractivity contribution in [3.8, 4) is 0 Å². The van der Waals surface area contributed by atoms with Gasteiger partial charge in [0.05, 0.1) is 0 Å². The Kier molecular flexibility index (Phi) is 4.62. The van der Waals surface area contributed by atoms with E-state index in [0.717, 1.165) is 17.0 Å². The highest BCUT2D eigenvalue weighted by molar-refractivity contribution is 8.03. The lowest BCUT2D eigenvalue weighted by atomic mass is 10.2. The zero-order chi connectivity index (χ0) is 11.4.